The van der Waals surface area contributed by atoms with E-state index in [1.165, 1.54) is 5.56 Å². The van der Waals surface area contributed by atoms with Crippen LogP contribution in [0.25, 0.3) is 11.4 Å². The van der Waals surface area contributed by atoms with Crippen LogP contribution in [0.15, 0.2) is 36.7 Å². The molecule has 88 valence electrons. The zero-order valence-corrected chi connectivity index (χ0v) is 10.2. The molecule has 1 aromatic heterocycles. The Balaban J connectivity index is 2.23. The minimum atomic E-state index is 0.142. The first-order chi connectivity index (χ1) is 8.15. The molecular formula is C14H17N3. The van der Waals surface area contributed by atoms with E-state index in [0.29, 0.717) is 0 Å². The average Bonchev–Trinajstić information content (AvgIpc) is 2.29. The first-order valence-electron chi connectivity index (χ1n) is 5.78. The van der Waals surface area contributed by atoms with E-state index in [0.717, 1.165) is 23.4 Å². The molecule has 0 aliphatic rings. The van der Waals surface area contributed by atoms with Crippen molar-refractivity contribution in [3.8, 4) is 11.4 Å². The van der Waals surface area contributed by atoms with E-state index in [-0.39, 0.29) is 6.04 Å². The summed E-state index contributed by atoms with van der Waals surface area (Å²) >= 11 is 0. The lowest BCUT2D eigenvalue weighted by Gasteiger charge is -2.05. The average molecular weight is 227 g/mol. The van der Waals surface area contributed by atoms with Crippen LogP contribution >= 0.6 is 0 Å². The number of hydrogen-bond donors (Lipinski definition) is 1. The summed E-state index contributed by atoms with van der Waals surface area (Å²) in [7, 11) is 0. The van der Waals surface area contributed by atoms with Gasteiger partial charge in [-0.1, -0.05) is 23.8 Å². The lowest BCUT2D eigenvalue weighted by molar-refractivity contribution is 0.732. The van der Waals surface area contributed by atoms with E-state index in [2.05, 4.69) is 29.0 Å². The second-order valence-corrected chi connectivity index (χ2v) is 4.47. The van der Waals surface area contributed by atoms with Crippen LogP contribution < -0.4 is 5.73 Å². The molecule has 0 amide bonds. The van der Waals surface area contributed by atoms with Crippen molar-refractivity contribution in [2.24, 2.45) is 5.73 Å². The molecule has 0 bridgehead atoms. The Bertz CT molecular complexity index is 489. The third kappa shape index (κ3) is 3.11. The zero-order valence-electron chi connectivity index (χ0n) is 10.2. The molecule has 0 radical (unpaired) electrons. The molecule has 0 spiro atoms. The first-order valence-corrected chi connectivity index (χ1v) is 5.78. The molecule has 17 heavy (non-hydrogen) atoms. The maximum absolute atomic E-state index is 5.74. The van der Waals surface area contributed by atoms with Crippen LogP contribution in [-0.2, 0) is 6.42 Å². The van der Waals surface area contributed by atoms with Crippen LogP contribution in [-0.4, -0.2) is 16.0 Å². The Hall–Kier alpha value is -1.74. The Morgan fingerprint density at radius 2 is 1.94 bits per heavy atom. The van der Waals surface area contributed by atoms with Crippen LogP contribution in [0.5, 0.6) is 0 Å². The van der Waals surface area contributed by atoms with Crippen LogP contribution in [0.4, 0.5) is 0 Å². The van der Waals surface area contributed by atoms with Gasteiger partial charge in [-0.25, -0.2) is 9.97 Å². The summed E-state index contributed by atoms with van der Waals surface area (Å²) < 4.78 is 0. The van der Waals surface area contributed by atoms with Crippen molar-refractivity contribution in [2.45, 2.75) is 26.3 Å². The van der Waals surface area contributed by atoms with Gasteiger partial charge in [0.05, 0.1) is 0 Å². The molecule has 0 aliphatic carbocycles. The standard InChI is InChI=1S/C14H17N3/c1-10-4-3-5-13(6-10)14-16-8-12(9-17-14)7-11(2)15/h3-6,8-9,11H,7,15H2,1-2H3. The molecule has 1 unspecified atom stereocenters. The van der Waals surface area contributed by atoms with E-state index in [9.17, 15) is 0 Å². The van der Waals surface area contributed by atoms with Gasteiger partial charge in [0.15, 0.2) is 5.82 Å². The van der Waals surface area contributed by atoms with Crippen molar-refractivity contribution in [2.75, 3.05) is 0 Å². The van der Waals surface area contributed by atoms with Gasteiger partial charge in [0.1, 0.15) is 0 Å². The first kappa shape index (κ1) is 11.7. The molecule has 1 heterocycles. The van der Waals surface area contributed by atoms with Gasteiger partial charge in [-0.2, -0.15) is 0 Å². The third-order valence-corrected chi connectivity index (χ3v) is 2.54. The van der Waals surface area contributed by atoms with Gasteiger partial charge in [0, 0.05) is 24.0 Å². The van der Waals surface area contributed by atoms with Crippen molar-refractivity contribution in [3.63, 3.8) is 0 Å². The van der Waals surface area contributed by atoms with Crippen LogP contribution in [0.2, 0.25) is 0 Å². The molecule has 2 aromatic rings. The molecule has 1 aromatic carbocycles. The number of nitrogens with two attached hydrogens (primary N) is 1. The van der Waals surface area contributed by atoms with Gasteiger partial charge < -0.3 is 5.73 Å². The number of aryl methyl sites for hydroxylation is 1. The minimum absolute atomic E-state index is 0.142. The Kier molecular flexibility index (Phi) is 3.49. The predicted molar refractivity (Wildman–Crippen MR) is 69.6 cm³/mol. The fraction of sp³-hybridized carbons (Fsp3) is 0.286. The molecule has 0 fully saturated rings. The number of benzene rings is 1. The van der Waals surface area contributed by atoms with E-state index in [1.54, 1.807) is 0 Å². The summed E-state index contributed by atoms with van der Waals surface area (Å²) in [6.07, 6.45) is 4.52. The smallest absolute Gasteiger partial charge is 0.159 e. The van der Waals surface area contributed by atoms with Crippen LogP contribution in [0.1, 0.15) is 18.1 Å². The largest absolute Gasteiger partial charge is 0.328 e. The van der Waals surface area contributed by atoms with Gasteiger partial charge in [-0.3, -0.25) is 0 Å². The highest BCUT2D eigenvalue weighted by Gasteiger charge is 2.03. The highest BCUT2D eigenvalue weighted by molar-refractivity contribution is 5.55. The van der Waals surface area contributed by atoms with Gasteiger partial charge in [0.25, 0.3) is 0 Å². The van der Waals surface area contributed by atoms with Crippen molar-refractivity contribution in [1.29, 1.82) is 0 Å². The zero-order chi connectivity index (χ0) is 12.3. The maximum Gasteiger partial charge on any atom is 0.159 e. The van der Waals surface area contributed by atoms with Gasteiger partial charge in [0.2, 0.25) is 0 Å². The van der Waals surface area contributed by atoms with Crippen molar-refractivity contribution >= 4 is 0 Å². The molecular weight excluding hydrogens is 210 g/mol. The maximum atomic E-state index is 5.74. The number of rotatable bonds is 3. The van der Waals surface area contributed by atoms with E-state index in [4.69, 9.17) is 5.73 Å². The van der Waals surface area contributed by atoms with Gasteiger partial charge >= 0.3 is 0 Å². The van der Waals surface area contributed by atoms with Crippen molar-refractivity contribution < 1.29 is 0 Å². The highest BCUT2D eigenvalue weighted by atomic mass is 14.9. The molecule has 2 rings (SSSR count). The summed E-state index contributed by atoms with van der Waals surface area (Å²) in [6, 6.07) is 8.33. The van der Waals surface area contributed by atoms with Gasteiger partial charge in [-0.15, -0.1) is 0 Å². The molecule has 2 N–H and O–H groups in total. The monoisotopic (exact) mass is 227 g/mol. The molecule has 3 heteroatoms. The number of nitrogens with zero attached hydrogens (tertiary/aromatic N) is 2. The third-order valence-electron chi connectivity index (χ3n) is 2.54. The Labute approximate surface area is 102 Å². The summed E-state index contributed by atoms with van der Waals surface area (Å²) in [6.45, 7) is 4.04. The normalized spacial score (nSPS) is 12.4. The quantitative estimate of drug-likeness (QED) is 0.875. The second kappa shape index (κ2) is 5.06. The van der Waals surface area contributed by atoms with Crippen LogP contribution in [0, 0.1) is 6.92 Å². The minimum Gasteiger partial charge on any atom is -0.328 e. The Morgan fingerprint density at radius 1 is 1.24 bits per heavy atom. The predicted octanol–water partition coefficient (Wildman–Crippen LogP) is 2.34. The molecule has 0 saturated carbocycles. The number of hydrogen-bond acceptors (Lipinski definition) is 3. The van der Waals surface area contributed by atoms with Crippen LogP contribution in [0.3, 0.4) is 0 Å². The van der Waals surface area contributed by atoms with Crippen molar-refractivity contribution in [1.82, 2.24) is 9.97 Å². The highest BCUT2D eigenvalue weighted by Crippen LogP contribution is 2.15. The SMILES string of the molecule is Cc1cccc(-c2ncc(CC(C)N)cn2)c1. The molecule has 3 nitrogen and oxygen atoms in total. The summed E-state index contributed by atoms with van der Waals surface area (Å²) in [5, 5.41) is 0. The topological polar surface area (TPSA) is 51.8 Å². The molecule has 0 saturated heterocycles. The van der Waals surface area contributed by atoms with Gasteiger partial charge in [-0.05, 0) is 31.9 Å². The van der Waals surface area contributed by atoms with Crippen molar-refractivity contribution in [3.05, 3.63) is 47.8 Å². The molecule has 0 aliphatic heterocycles. The summed E-state index contributed by atoms with van der Waals surface area (Å²) in [5.74, 6) is 0.766. The Morgan fingerprint density at radius 3 is 2.53 bits per heavy atom. The summed E-state index contributed by atoms with van der Waals surface area (Å²) in [5.41, 5.74) is 9.08. The lowest BCUT2D eigenvalue weighted by atomic mass is 10.1. The van der Waals surface area contributed by atoms with E-state index >= 15 is 0 Å². The van der Waals surface area contributed by atoms with E-state index in [1.807, 2.05) is 31.5 Å². The summed E-state index contributed by atoms with van der Waals surface area (Å²) in [4.78, 5) is 8.75. The molecule has 1 atom stereocenters. The fourth-order valence-electron chi connectivity index (χ4n) is 1.77. The van der Waals surface area contributed by atoms with E-state index < -0.39 is 0 Å². The lowest BCUT2D eigenvalue weighted by Crippen LogP contribution is -2.18. The number of aromatic nitrogens is 2. The second-order valence-electron chi connectivity index (χ2n) is 4.47. The fourth-order valence-corrected chi connectivity index (χ4v) is 1.77.